The van der Waals surface area contributed by atoms with Crippen LogP contribution < -0.4 is 4.74 Å². The molecular weight excluding hydrogens is 236 g/mol. The van der Waals surface area contributed by atoms with E-state index in [-0.39, 0.29) is 17.8 Å². The summed E-state index contributed by atoms with van der Waals surface area (Å²) in [6.07, 6.45) is -0.0214. The van der Waals surface area contributed by atoms with Crippen molar-refractivity contribution in [2.75, 3.05) is 0 Å². The zero-order valence-corrected chi connectivity index (χ0v) is 9.36. The van der Waals surface area contributed by atoms with Gasteiger partial charge in [-0.1, -0.05) is 0 Å². The highest BCUT2D eigenvalue weighted by Gasteiger charge is 2.05. The van der Waals surface area contributed by atoms with E-state index in [1.54, 1.807) is 0 Å². The van der Waals surface area contributed by atoms with E-state index in [1.165, 1.54) is 42.5 Å². The van der Waals surface area contributed by atoms with E-state index in [0.29, 0.717) is 11.5 Å². The van der Waals surface area contributed by atoms with Gasteiger partial charge in [0, 0.05) is 5.56 Å². The third-order valence-corrected chi connectivity index (χ3v) is 2.34. The molecule has 0 heterocycles. The molecular formula is C14H9F2NO. The first-order chi connectivity index (χ1) is 8.69. The summed E-state index contributed by atoms with van der Waals surface area (Å²) >= 11 is 0. The van der Waals surface area contributed by atoms with Crippen LogP contribution in [0.2, 0.25) is 0 Å². The van der Waals surface area contributed by atoms with Crippen LogP contribution in [0.4, 0.5) is 8.78 Å². The highest BCUT2D eigenvalue weighted by Crippen LogP contribution is 2.24. The lowest BCUT2D eigenvalue weighted by atomic mass is 10.1. The number of hydrogen-bond donors (Lipinski definition) is 0. The van der Waals surface area contributed by atoms with Gasteiger partial charge in [0.05, 0.1) is 12.5 Å². The van der Waals surface area contributed by atoms with Gasteiger partial charge in [0.25, 0.3) is 0 Å². The van der Waals surface area contributed by atoms with Gasteiger partial charge in [-0.3, -0.25) is 0 Å². The van der Waals surface area contributed by atoms with Gasteiger partial charge in [-0.25, -0.2) is 8.78 Å². The molecule has 2 rings (SSSR count). The third-order valence-electron chi connectivity index (χ3n) is 2.34. The maximum Gasteiger partial charge on any atom is 0.127 e. The molecule has 2 aromatic carbocycles. The highest BCUT2D eigenvalue weighted by atomic mass is 19.1. The lowest BCUT2D eigenvalue weighted by Gasteiger charge is -2.07. The van der Waals surface area contributed by atoms with E-state index < -0.39 is 5.82 Å². The van der Waals surface area contributed by atoms with Crippen molar-refractivity contribution in [1.29, 1.82) is 5.26 Å². The minimum Gasteiger partial charge on any atom is -0.457 e. The molecule has 0 N–H and O–H groups in total. The normalized spacial score (nSPS) is 9.83. The molecule has 0 saturated heterocycles. The molecule has 2 nitrogen and oxygen atoms in total. The summed E-state index contributed by atoms with van der Waals surface area (Å²) in [7, 11) is 0. The lowest BCUT2D eigenvalue weighted by molar-refractivity contribution is 0.477. The van der Waals surface area contributed by atoms with Crippen molar-refractivity contribution < 1.29 is 13.5 Å². The summed E-state index contributed by atoms with van der Waals surface area (Å²) in [4.78, 5) is 0. The largest absolute Gasteiger partial charge is 0.457 e. The molecule has 0 saturated carbocycles. The quantitative estimate of drug-likeness (QED) is 0.823. The van der Waals surface area contributed by atoms with Gasteiger partial charge in [-0.2, -0.15) is 5.26 Å². The molecule has 0 spiro atoms. The van der Waals surface area contributed by atoms with Crippen LogP contribution in [0.3, 0.4) is 0 Å². The van der Waals surface area contributed by atoms with Crippen molar-refractivity contribution in [3.8, 4) is 17.6 Å². The predicted molar refractivity (Wildman–Crippen MR) is 62.2 cm³/mol. The first-order valence-electron chi connectivity index (χ1n) is 5.28. The standard InChI is InChI=1S/C14H9F2NO/c15-11-1-3-12(4-2-11)18-13-5-6-14(16)10(9-13)7-8-17/h1-6,9H,7H2. The van der Waals surface area contributed by atoms with Gasteiger partial charge in [0.2, 0.25) is 0 Å². The average Bonchev–Trinajstić information content (AvgIpc) is 2.37. The minimum absolute atomic E-state index is 0.0214. The number of nitriles is 1. The maximum absolute atomic E-state index is 13.3. The zero-order valence-electron chi connectivity index (χ0n) is 9.36. The third kappa shape index (κ3) is 2.83. The molecule has 0 unspecified atom stereocenters. The summed E-state index contributed by atoms with van der Waals surface area (Å²) in [5, 5.41) is 8.56. The fourth-order valence-corrected chi connectivity index (χ4v) is 1.47. The first-order valence-corrected chi connectivity index (χ1v) is 5.28. The molecule has 90 valence electrons. The lowest BCUT2D eigenvalue weighted by Crippen LogP contribution is -1.91. The van der Waals surface area contributed by atoms with Crippen LogP contribution in [0.15, 0.2) is 42.5 Å². The Morgan fingerprint density at radius 1 is 1.00 bits per heavy atom. The Balaban J connectivity index is 2.22. The molecule has 0 atom stereocenters. The molecule has 0 amide bonds. The molecule has 0 fully saturated rings. The molecule has 18 heavy (non-hydrogen) atoms. The number of ether oxygens (including phenoxy) is 1. The monoisotopic (exact) mass is 245 g/mol. The minimum atomic E-state index is -0.442. The molecule has 0 aromatic heterocycles. The maximum atomic E-state index is 13.3. The fraction of sp³-hybridized carbons (Fsp3) is 0.0714. The summed E-state index contributed by atoms with van der Waals surface area (Å²) < 4.78 is 31.4. The van der Waals surface area contributed by atoms with Crippen LogP contribution in [0.25, 0.3) is 0 Å². The van der Waals surface area contributed by atoms with Gasteiger partial charge < -0.3 is 4.74 Å². The smallest absolute Gasteiger partial charge is 0.127 e. The van der Waals surface area contributed by atoms with Gasteiger partial charge in [0.1, 0.15) is 23.1 Å². The molecule has 0 bridgehead atoms. The van der Waals surface area contributed by atoms with Gasteiger partial charge in [0.15, 0.2) is 0 Å². The molecule has 4 heteroatoms. The Morgan fingerprint density at radius 2 is 1.67 bits per heavy atom. The Morgan fingerprint density at radius 3 is 2.33 bits per heavy atom. The van der Waals surface area contributed by atoms with E-state index in [9.17, 15) is 8.78 Å². The summed E-state index contributed by atoms with van der Waals surface area (Å²) in [5.41, 5.74) is 0.275. The highest BCUT2D eigenvalue weighted by molar-refractivity contribution is 5.35. The number of benzene rings is 2. The average molecular weight is 245 g/mol. The molecule has 0 aliphatic heterocycles. The second-order valence-electron chi connectivity index (χ2n) is 3.64. The fourth-order valence-electron chi connectivity index (χ4n) is 1.47. The van der Waals surface area contributed by atoms with E-state index in [1.807, 2.05) is 6.07 Å². The topological polar surface area (TPSA) is 33.0 Å². The summed E-state index contributed by atoms with van der Waals surface area (Å²) in [6, 6.07) is 11.5. The van der Waals surface area contributed by atoms with E-state index in [2.05, 4.69) is 0 Å². The van der Waals surface area contributed by atoms with Crippen molar-refractivity contribution in [1.82, 2.24) is 0 Å². The van der Waals surface area contributed by atoms with Crippen molar-refractivity contribution in [2.24, 2.45) is 0 Å². The molecule has 0 aliphatic carbocycles. The van der Waals surface area contributed by atoms with Gasteiger partial charge >= 0.3 is 0 Å². The van der Waals surface area contributed by atoms with Crippen LogP contribution in [0.1, 0.15) is 5.56 Å². The van der Waals surface area contributed by atoms with Gasteiger partial charge in [-0.15, -0.1) is 0 Å². The summed E-state index contributed by atoms with van der Waals surface area (Å²) in [6.45, 7) is 0. The second kappa shape index (κ2) is 5.28. The van der Waals surface area contributed by atoms with Crippen molar-refractivity contribution in [2.45, 2.75) is 6.42 Å². The Bertz CT molecular complexity index is 588. The van der Waals surface area contributed by atoms with E-state index in [0.717, 1.165) is 0 Å². The van der Waals surface area contributed by atoms with Crippen LogP contribution in [0.5, 0.6) is 11.5 Å². The predicted octanol–water partition coefficient (Wildman–Crippen LogP) is 3.82. The molecule has 0 radical (unpaired) electrons. The second-order valence-corrected chi connectivity index (χ2v) is 3.64. The van der Waals surface area contributed by atoms with E-state index >= 15 is 0 Å². The van der Waals surface area contributed by atoms with Crippen molar-refractivity contribution >= 4 is 0 Å². The molecule has 2 aromatic rings. The van der Waals surface area contributed by atoms with Crippen LogP contribution in [0, 0.1) is 23.0 Å². The Kier molecular flexibility index (Phi) is 3.54. The molecule has 0 aliphatic rings. The number of rotatable bonds is 3. The van der Waals surface area contributed by atoms with Crippen molar-refractivity contribution in [3.63, 3.8) is 0 Å². The SMILES string of the molecule is N#CCc1cc(Oc2ccc(F)cc2)ccc1F. The van der Waals surface area contributed by atoms with Crippen LogP contribution in [-0.4, -0.2) is 0 Å². The van der Waals surface area contributed by atoms with Gasteiger partial charge in [-0.05, 0) is 42.5 Å². The van der Waals surface area contributed by atoms with Crippen LogP contribution in [-0.2, 0) is 6.42 Å². The zero-order chi connectivity index (χ0) is 13.0. The van der Waals surface area contributed by atoms with Crippen LogP contribution >= 0.6 is 0 Å². The number of nitrogens with zero attached hydrogens (tertiary/aromatic N) is 1. The Hall–Kier alpha value is -2.41. The summed E-state index contributed by atoms with van der Waals surface area (Å²) in [5.74, 6) is 0.0637. The first kappa shape index (κ1) is 12.1. The number of halogens is 2. The van der Waals surface area contributed by atoms with E-state index in [4.69, 9.17) is 10.00 Å². The van der Waals surface area contributed by atoms with Crippen molar-refractivity contribution in [3.05, 3.63) is 59.7 Å². The number of hydrogen-bond acceptors (Lipinski definition) is 2. The Labute approximate surface area is 103 Å².